The van der Waals surface area contributed by atoms with Gasteiger partial charge in [0, 0.05) is 55.1 Å². The van der Waals surface area contributed by atoms with E-state index >= 15 is 0 Å². The maximum absolute atomic E-state index is 4.77. The van der Waals surface area contributed by atoms with Crippen LogP contribution in [0.4, 0.5) is 34.1 Å². The molecule has 0 bridgehead atoms. The van der Waals surface area contributed by atoms with Gasteiger partial charge in [0.05, 0.1) is 34.1 Å². The fourth-order valence-corrected chi connectivity index (χ4v) is 18.2. The van der Waals surface area contributed by atoms with Crippen LogP contribution in [0.1, 0.15) is 0 Å². The third kappa shape index (κ3) is 5.28. The molecule has 2 aromatic heterocycles. The van der Waals surface area contributed by atoms with E-state index in [2.05, 4.69) is 216 Å². The summed E-state index contributed by atoms with van der Waals surface area (Å²) in [4.78, 5) is 19.6. The van der Waals surface area contributed by atoms with Gasteiger partial charge >= 0.3 is 0 Å². The Morgan fingerprint density at radius 2 is 0.785 bits per heavy atom. The number of fused-ring (bicyclic) bond motifs is 12. The minimum Gasteiger partial charge on any atom is -0.308 e. The van der Waals surface area contributed by atoms with E-state index in [1.165, 1.54) is 112 Å². The van der Waals surface area contributed by atoms with E-state index in [-0.39, 0.29) is 0 Å². The number of aromatic nitrogens is 2. The number of benzene rings is 9. The minimum atomic E-state index is -2.88. The summed E-state index contributed by atoms with van der Waals surface area (Å²) in [6.07, 6.45) is 7.98. The van der Waals surface area contributed by atoms with Crippen molar-refractivity contribution in [3.8, 4) is 11.1 Å². The molecule has 0 amide bonds. The first-order valence-electron chi connectivity index (χ1n) is 22.0. The molecule has 5 heterocycles. The average molecular weight is 881 g/mol. The molecule has 304 valence electrons. The lowest BCUT2D eigenvalue weighted by Crippen LogP contribution is -2.73. The van der Waals surface area contributed by atoms with Crippen molar-refractivity contribution in [1.82, 2.24) is 9.97 Å². The molecule has 0 aliphatic carbocycles. The highest BCUT2D eigenvalue weighted by atomic mass is 32.2. The van der Waals surface area contributed by atoms with Gasteiger partial charge in [0.25, 0.3) is 0 Å². The monoisotopic (exact) mass is 880 g/mol. The van der Waals surface area contributed by atoms with E-state index in [1.54, 1.807) is 0 Å². The molecule has 0 saturated heterocycles. The van der Waals surface area contributed by atoms with Crippen molar-refractivity contribution in [2.24, 2.45) is 0 Å². The van der Waals surface area contributed by atoms with Crippen LogP contribution in [-0.2, 0) is 0 Å². The number of hydrogen-bond acceptors (Lipinski definition) is 6. The zero-order chi connectivity index (χ0) is 42.6. The van der Waals surface area contributed by atoms with Crippen LogP contribution < -0.4 is 30.5 Å². The molecule has 9 aromatic carbocycles. The first-order chi connectivity index (χ1) is 32.3. The number of para-hydroxylation sites is 3. The largest absolute Gasteiger partial charge is 0.308 e. The first-order valence-corrected chi connectivity index (χ1v) is 25.6. The van der Waals surface area contributed by atoms with E-state index < -0.39 is 8.07 Å². The maximum atomic E-state index is 4.77. The molecular weight excluding hydrogens is 845 g/mol. The van der Waals surface area contributed by atoms with Gasteiger partial charge in [-0.2, -0.15) is 0 Å². The van der Waals surface area contributed by atoms with Crippen LogP contribution in [0.25, 0.3) is 43.4 Å². The number of hydrogen-bond donors (Lipinski definition) is 0. The summed E-state index contributed by atoms with van der Waals surface area (Å²) in [5.41, 5.74) is 9.71. The molecule has 0 radical (unpaired) electrons. The summed E-state index contributed by atoms with van der Waals surface area (Å²) in [6, 6.07) is 72.4. The fraction of sp³-hybridized carbons (Fsp3) is 0. The Morgan fingerprint density at radius 1 is 0.323 bits per heavy atom. The lowest BCUT2D eigenvalue weighted by molar-refractivity contribution is 1.17. The van der Waals surface area contributed by atoms with Crippen LogP contribution in [0.5, 0.6) is 0 Å². The quantitative estimate of drug-likeness (QED) is 0.129. The summed E-state index contributed by atoms with van der Waals surface area (Å²) in [7, 11) is -2.88. The van der Waals surface area contributed by atoms with Crippen molar-refractivity contribution in [3.05, 3.63) is 219 Å². The van der Waals surface area contributed by atoms with Crippen molar-refractivity contribution >= 4 is 119 Å². The molecule has 11 aromatic rings. The van der Waals surface area contributed by atoms with E-state index in [0.29, 0.717) is 0 Å². The molecule has 65 heavy (non-hydrogen) atoms. The fourth-order valence-electron chi connectivity index (χ4n) is 11.0. The molecule has 14 rings (SSSR count). The van der Waals surface area contributed by atoms with Crippen molar-refractivity contribution in [3.63, 3.8) is 0 Å². The Hall–Kier alpha value is -7.42. The highest BCUT2D eigenvalue weighted by molar-refractivity contribution is 8.00. The highest BCUT2D eigenvalue weighted by Crippen LogP contribution is 2.57. The number of nitrogens with zero attached hydrogens (tertiary/aromatic N) is 4. The Kier molecular flexibility index (Phi) is 8.14. The molecule has 7 heteroatoms. The predicted molar refractivity (Wildman–Crippen MR) is 275 cm³/mol. The molecule has 0 saturated carbocycles. The molecule has 3 aliphatic heterocycles. The summed E-state index contributed by atoms with van der Waals surface area (Å²) in [6.45, 7) is 0. The van der Waals surface area contributed by atoms with E-state index in [9.17, 15) is 0 Å². The second kappa shape index (κ2) is 14.3. The summed E-state index contributed by atoms with van der Waals surface area (Å²) in [5, 5.41) is 12.6. The summed E-state index contributed by atoms with van der Waals surface area (Å²) < 4.78 is 0. The minimum absolute atomic E-state index is 1.16. The zero-order valence-corrected chi connectivity index (χ0v) is 37.5. The Balaban J connectivity index is 1.06. The smallest absolute Gasteiger partial charge is 0.184 e. The highest BCUT2D eigenvalue weighted by Gasteiger charge is 2.50. The Labute approximate surface area is 385 Å². The first kappa shape index (κ1) is 37.0. The van der Waals surface area contributed by atoms with Gasteiger partial charge in [0.15, 0.2) is 8.07 Å². The second-order valence-corrected chi connectivity index (χ2v) is 22.8. The summed E-state index contributed by atoms with van der Waals surface area (Å²) >= 11 is 3.72. The van der Waals surface area contributed by atoms with Crippen LogP contribution in [0.3, 0.4) is 0 Å². The van der Waals surface area contributed by atoms with Gasteiger partial charge in [-0.15, -0.1) is 0 Å². The van der Waals surface area contributed by atoms with Crippen molar-refractivity contribution in [2.45, 2.75) is 19.6 Å². The normalized spacial score (nSPS) is 14.1. The van der Waals surface area contributed by atoms with Crippen LogP contribution in [0.15, 0.2) is 238 Å². The van der Waals surface area contributed by atoms with Crippen molar-refractivity contribution in [2.75, 3.05) is 9.80 Å². The van der Waals surface area contributed by atoms with Gasteiger partial charge in [-0.3, -0.25) is 9.97 Å². The van der Waals surface area contributed by atoms with Crippen molar-refractivity contribution in [1.29, 1.82) is 0 Å². The third-order valence-corrected chi connectivity index (χ3v) is 20.7. The van der Waals surface area contributed by atoms with Gasteiger partial charge in [-0.25, -0.2) is 0 Å². The van der Waals surface area contributed by atoms with Gasteiger partial charge in [0.2, 0.25) is 0 Å². The number of pyridine rings is 2. The third-order valence-electron chi connectivity index (χ3n) is 13.6. The number of rotatable bonds is 4. The molecule has 3 aliphatic rings. The molecule has 0 fully saturated rings. The van der Waals surface area contributed by atoms with Crippen LogP contribution in [0, 0.1) is 0 Å². The van der Waals surface area contributed by atoms with E-state index in [0.717, 1.165) is 5.69 Å². The lowest BCUT2D eigenvalue weighted by atomic mass is 9.93. The van der Waals surface area contributed by atoms with E-state index in [1.807, 2.05) is 35.9 Å². The molecule has 0 atom stereocenters. The molecular formula is C58H36N4S2Si. The van der Waals surface area contributed by atoms with Crippen LogP contribution in [-0.4, -0.2) is 18.0 Å². The Bertz CT molecular complexity index is 3680. The maximum Gasteiger partial charge on any atom is 0.184 e. The van der Waals surface area contributed by atoms with Crippen LogP contribution >= 0.6 is 23.5 Å². The SMILES string of the molecule is c1cncc([Si]2(c3cccnc3)c3ccccc3-c3cc4c(cc32)N(c2cc3c5ccccc5c(N5c6ccccc6Sc6ccccc65)cc3c3ccccc23)c2ccccc2S4)c1. The second-order valence-electron chi connectivity index (χ2n) is 16.9. The molecule has 0 unspecified atom stereocenters. The van der Waals surface area contributed by atoms with Gasteiger partial charge in [0.1, 0.15) is 0 Å². The van der Waals surface area contributed by atoms with Crippen LogP contribution in [0.2, 0.25) is 0 Å². The standard InChI is InChI=1S/C58H36N4S2Si/c1-3-19-41-39(17-1)45-32-51(42-20-4-2-18-40(42)44(45)31-50(41)61-47-22-6-9-25-53(47)63-54-26-10-7-23-48(54)61)62-49-24-8-11-27-55(49)64-56-33-46-43-21-5-12-28-57(43)65(58(46)34-52(56)62,37-15-13-29-59-35-37)38-16-14-30-60-36-38/h1-36H. The molecule has 0 N–H and O–H groups in total. The average Bonchev–Trinajstić information content (AvgIpc) is 3.66. The lowest BCUT2D eigenvalue weighted by Gasteiger charge is -2.36. The van der Waals surface area contributed by atoms with E-state index in [4.69, 9.17) is 9.97 Å². The topological polar surface area (TPSA) is 32.3 Å². The van der Waals surface area contributed by atoms with Gasteiger partial charge < -0.3 is 9.80 Å². The molecule has 0 spiro atoms. The summed E-state index contributed by atoms with van der Waals surface area (Å²) in [5.74, 6) is 0. The predicted octanol–water partition coefficient (Wildman–Crippen LogP) is 13.2. The van der Waals surface area contributed by atoms with Gasteiger partial charge in [-0.05, 0) is 126 Å². The number of anilines is 6. The molecule has 4 nitrogen and oxygen atoms in total. The Morgan fingerprint density at radius 3 is 1.32 bits per heavy atom. The zero-order valence-electron chi connectivity index (χ0n) is 34.9. The van der Waals surface area contributed by atoms with Crippen molar-refractivity contribution < 1.29 is 0 Å². The van der Waals surface area contributed by atoms with Gasteiger partial charge in [-0.1, -0.05) is 145 Å².